The Morgan fingerprint density at radius 1 is 1.53 bits per heavy atom. The fourth-order valence-corrected chi connectivity index (χ4v) is 1.23. The van der Waals surface area contributed by atoms with Gasteiger partial charge in [0.05, 0.1) is 0 Å². The average molecular weight is 208 g/mol. The maximum Gasteiger partial charge on any atom is 0.258 e. The number of aryl methyl sites for hydroxylation is 1. The van der Waals surface area contributed by atoms with Gasteiger partial charge in [-0.25, -0.2) is 0 Å². The summed E-state index contributed by atoms with van der Waals surface area (Å²) in [4.78, 5) is 11.0. The number of carbonyl (C=O) groups is 1. The minimum absolute atomic E-state index is 0.452. The Morgan fingerprint density at radius 2 is 2.20 bits per heavy atom. The van der Waals surface area contributed by atoms with Gasteiger partial charge in [-0.2, -0.15) is 0 Å². The van der Waals surface area contributed by atoms with Gasteiger partial charge in [-0.05, 0) is 37.1 Å². The van der Waals surface area contributed by atoms with Crippen LogP contribution in [0.25, 0.3) is 0 Å². The number of nitrogens with two attached hydrogens (primary N) is 2. The standard InChI is InChI=1S/C11H16N2O2/c1-3-10(11(13)14)15-8-4-5-9(12)7(2)6-8/h4-6,10H,3,12H2,1-2H3,(H2,13,14). The Hall–Kier alpha value is -1.71. The first kappa shape index (κ1) is 11.4. The smallest absolute Gasteiger partial charge is 0.258 e. The molecule has 1 amide bonds. The third kappa shape index (κ3) is 2.87. The molecule has 1 aromatic rings. The summed E-state index contributed by atoms with van der Waals surface area (Å²) in [5.74, 6) is 0.166. The van der Waals surface area contributed by atoms with Crippen LogP contribution in [-0.4, -0.2) is 12.0 Å². The topological polar surface area (TPSA) is 78.3 Å². The van der Waals surface area contributed by atoms with Crippen molar-refractivity contribution in [1.82, 2.24) is 0 Å². The second-order valence-electron chi connectivity index (χ2n) is 3.44. The van der Waals surface area contributed by atoms with Gasteiger partial charge in [0, 0.05) is 5.69 Å². The Bertz CT molecular complexity index is 364. The molecule has 0 aromatic heterocycles. The summed E-state index contributed by atoms with van der Waals surface area (Å²) in [5, 5.41) is 0. The van der Waals surface area contributed by atoms with Gasteiger partial charge in [0.15, 0.2) is 6.10 Å². The van der Waals surface area contributed by atoms with Crippen molar-refractivity contribution < 1.29 is 9.53 Å². The number of rotatable bonds is 4. The van der Waals surface area contributed by atoms with Crippen LogP contribution in [-0.2, 0) is 4.79 Å². The van der Waals surface area contributed by atoms with E-state index in [2.05, 4.69) is 0 Å². The maximum atomic E-state index is 11.0. The molecule has 0 aliphatic carbocycles. The van der Waals surface area contributed by atoms with Gasteiger partial charge in [0.1, 0.15) is 5.75 Å². The molecule has 4 nitrogen and oxygen atoms in total. The van der Waals surface area contributed by atoms with Crippen LogP contribution in [0.15, 0.2) is 18.2 Å². The lowest BCUT2D eigenvalue weighted by atomic mass is 10.2. The molecule has 0 radical (unpaired) electrons. The highest BCUT2D eigenvalue weighted by molar-refractivity contribution is 5.79. The van der Waals surface area contributed by atoms with Crippen LogP contribution >= 0.6 is 0 Å². The summed E-state index contributed by atoms with van der Waals surface area (Å²) in [6.07, 6.45) is -0.0216. The predicted molar refractivity (Wildman–Crippen MR) is 59.5 cm³/mol. The van der Waals surface area contributed by atoms with E-state index in [-0.39, 0.29) is 0 Å². The van der Waals surface area contributed by atoms with Crippen LogP contribution < -0.4 is 16.2 Å². The molecule has 15 heavy (non-hydrogen) atoms. The zero-order chi connectivity index (χ0) is 11.4. The first-order valence-corrected chi connectivity index (χ1v) is 4.86. The second kappa shape index (κ2) is 4.68. The largest absolute Gasteiger partial charge is 0.481 e. The lowest BCUT2D eigenvalue weighted by molar-refractivity contribution is -0.124. The van der Waals surface area contributed by atoms with Crippen LogP contribution in [0, 0.1) is 6.92 Å². The predicted octanol–water partition coefficient (Wildman–Crippen LogP) is 1.22. The summed E-state index contributed by atoms with van der Waals surface area (Å²) in [6, 6.07) is 5.27. The molecule has 1 unspecified atom stereocenters. The third-order valence-electron chi connectivity index (χ3n) is 2.21. The summed E-state index contributed by atoms with van der Waals surface area (Å²) in [7, 11) is 0. The van der Waals surface area contributed by atoms with Crippen molar-refractivity contribution in [3.05, 3.63) is 23.8 Å². The lowest BCUT2D eigenvalue weighted by Gasteiger charge is -2.14. The minimum atomic E-state index is -0.576. The molecule has 0 saturated heterocycles. The third-order valence-corrected chi connectivity index (χ3v) is 2.21. The van der Waals surface area contributed by atoms with E-state index < -0.39 is 12.0 Å². The molecule has 0 heterocycles. The second-order valence-corrected chi connectivity index (χ2v) is 3.44. The van der Waals surface area contributed by atoms with E-state index >= 15 is 0 Å². The highest BCUT2D eigenvalue weighted by atomic mass is 16.5. The lowest BCUT2D eigenvalue weighted by Crippen LogP contribution is -2.32. The van der Waals surface area contributed by atoms with Gasteiger partial charge in [0.25, 0.3) is 5.91 Å². The number of ether oxygens (including phenoxy) is 1. The highest BCUT2D eigenvalue weighted by Crippen LogP contribution is 2.20. The summed E-state index contributed by atoms with van der Waals surface area (Å²) >= 11 is 0. The number of carbonyl (C=O) groups excluding carboxylic acids is 1. The molecule has 0 bridgehead atoms. The van der Waals surface area contributed by atoms with Gasteiger partial charge < -0.3 is 16.2 Å². The first-order valence-electron chi connectivity index (χ1n) is 4.86. The van der Waals surface area contributed by atoms with E-state index in [1.165, 1.54) is 0 Å². The highest BCUT2D eigenvalue weighted by Gasteiger charge is 2.14. The van der Waals surface area contributed by atoms with E-state index in [1.54, 1.807) is 18.2 Å². The van der Waals surface area contributed by atoms with Crippen LogP contribution in [0.4, 0.5) is 5.69 Å². The Kier molecular flexibility index (Phi) is 3.55. The maximum absolute atomic E-state index is 11.0. The van der Waals surface area contributed by atoms with Crippen LogP contribution in [0.2, 0.25) is 0 Å². The van der Waals surface area contributed by atoms with E-state index in [1.807, 2.05) is 13.8 Å². The molecule has 0 saturated carbocycles. The Balaban J connectivity index is 2.80. The normalized spacial score (nSPS) is 12.1. The summed E-state index contributed by atoms with van der Waals surface area (Å²) in [6.45, 7) is 3.73. The van der Waals surface area contributed by atoms with E-state index in [4.69, 9.17) is 16.2 Å². The number of primary amides is 1. The molecule has 1 rings (SSSR count). The number of benzene rings is 1. The Morgan fingerprint density at radius 3 is 2.67 bits per heavy atom. The first-order chi connectivity index (χ1) is 7.04. The number of hydrogen-bond acceptors (Lipinski definition) is 3. The average Bonchev–Trinajstić information content (AvgIpc) is 2.19. The molecule has 1 atom stereocenters. The van der Waals surface area contributed by atoms with Crippen molar-refractivity contribution >= 4 is 11.6 Å². The molecule has 0 spiro atoms. The van der Waals surface area contributed by atoms with Crippen LogP contribution in [0.3, 0.4) is 0 Å². The summed E-state index contributed by atoms with van der Waals surface area (Å²) < 4.78 is 5.43. The van der Waals surface area contributed by atoms with Gasteiger partial charge in [-0.1, -0.05) is 6.92 Å². The van der Waals surface area contributed by atoms with Crippen molar-refractivity contribution in [2.24, 2.45) is 5.73 Å². The number of hydrogen-bond donors (Lipinski definition) is 2. The van der Waals surface area contributed by atoms with Crippen molar-refractivity contribution in [2.45, 2.75) is 26.4 Å². The van der Waals surface area contributed by atoms with Crippen molar-refractivity contribution in [2.75, 3.05) is 5.73 Å². The van der Waals surface area contributed by atoms with Crippen LogP contribution in [0.1, 0.15) is 18.9 Å². The SMILES string of the molecule is CCC(Oc1ccc(N)c(C)c1)C(N)=O. The van der Waals surface area contributed by atoms with E-state index in [0.717, 1.165) is 5.56 Å². The van der Waals surface area contributed by atoms with Gasteiger partial charge >= 0.3 is 0 Å². The van der Waals surface area contributed by atoms with Crippen molar-refractivity contribution in [3.8, 4) is 5.75 Å². The zero-order valence-electron chi connectivity index (χ0n) is 8.99. The fraction of sp³-hybridized carbons (Fsp3) is 0.364. The van der Waals surface area contributed by atoms with E-state index in [9.17, 15) is 4.79 Å². The van der Waals surface area contributed by atoms with E-state index in [0.29, 0.717) is 17.9 Å². The molecular formula is C11H16N2O2. The van der Waals surface area contributed by atoms with Gasteiger partial charge in [0.2, 0.25) is 0 Å². The van der Waals surface area contributed by atoms with Gasteiger partial charge in [-0.15, -0.1) is 0 Å². The Labute approximate surface area is 89.2 Å². The van der Waals surface area contributed by atoms with Crippen molar-refractivity contribution in [3.63, 3.8) is 0 Å². The van der Waals surface area contributed by atoms with Crippen LogP contribution in [0.5, 0.6) is 5.75 Å². The fourth-order valence-electron chi connectivity index (χ4n) is 1.23. The zero-order valence-corrected chi connectivity index (χ0v) is 8.99. The van der Waals surface area contributed by atoms with Gasteiger partial charge in [-0.3, -0.25) is 4.79 Å². The minimum Gasteiger partial charge on any atom is -0.481 e. The molecule has 82 valence electrons. The molecule has 0 fully saturated rings. The number of anilines is 1. The quantitative estimate of drug-likeness (QED) is 0.730. The molecule has 4 heteroatoms. The monoisotopic (exact) mass is 208 g/mol. The molecule has 1 aromatic carbocycles. The number of amides is 1. The molecule has 0 aliphatic heterocycles. The van der Waals surface area contributed by atoms with Crippen molar-refractivity contribution in [1.29, 1.82) is 0 Å². The summed E-state index contributed by atoms with van der Waals surface area (Å²) in [5.41, 5.74) is 12.5. The molecule has 4 N–H and O–H groups in total. The molecule has 0 aliphatic rings. The molecular weight excluding hydrogens is 192 g/mol. The number of nitrogen functional groups attached to an aromatic ring is 1.